The average Bonchev–Trinajstić information content (AvgIpc) is 2.26. The summed E-state index contributed by atoms with van der Waals surface area (Å²) in [5.74, 6) is 0.0886. The van der Waals surface area contributed by atoms with Crippen molar-refractivity contribution < 1.29 is 9.90 Å². The van der Waals surface area contributed by atoms with Gasteiger partial charge in [-0.3, -0.25) is 4.79 Å². The summed E-state index contributed by atoms with van der Waals surface area (Å²) in [7, 11) is 0. The van der Waals surface area contributed by atoms with Gasteiger partial charge in [-0.2, -0.15) is 0 Å². The second kappa shape index (κ2) is 5.21. The van der Waals surface area contributed by atoms with Crippen molar-refractivity contribution in [2.45, 2.75) is 18.9 Å². The van der Waals surface area contributed by atoms with Crippen LogP contribution in [0.5, 0.6) is 0 Å². The molecule has 92 valence electrons. The summed E-state index contributed by atoms with van der Waals surface area (Å²) in [6.07, 6.45) is 2.62. The van der Waals surface area contributed by atoms with Gasteiger partial charge in [0.25, 0.3) is 5.91 Å². The number of rotatable bonds is 3. The summed E-state index contributed by atoms with van der Waals surface area (Å²) in [6, 6.07) is 1.44. The lowest BCUT2D eigenvalue weighted by Gasteiger charge is -2.31. The lowest BCUT2D eigenvalue weighted by Crippen LogP contribution is -2.38. The fourth-order valence-corrected chi connectivity index (χ4v) is 2.13. The zero-order valence-electron chi connectivity index (χ0n) is 8.99. The predicted molar refractivity (Wildman–Crippen MR) is 65.3 cm³/mol. The molecule has 1 aliphatic carbocycles. The number of hydrogen-bond donors (Lipinski definition) is 2. The quantitative estimate of drug-likeness (QED) is 0.828. The van der Waals surface area contributed by atoms with Gasteiger partial charge >= 0.3 is 0 Å². The Hall–Kier alpha value is -0.840. The van der Waals surface area contributed by atoms with Gasteiger partial charge < -0.3 is 10.4 Å². The van der Waals surface area contributed by atoms with E-state index in [2.05, 4.69) is 10.3 Å². The lowest BCUT2D eigenvalue weighted by molar-refractivity contribution is 0.0420. The van der Waals surface area contributed by atoms with E-state index >= 15 is 0 Å². The minimum absolute atomic E-state index is 0.212. The molecule has 1 aromatic rings. The van der Waals surface area contributed by atoms with Crippen LogP contribution in [0.3, 0.4) is 0 Å². The minimum Gasteiger partial charge on any atom is -0.393 e. The van der Waals surface area contributed by atoms with Crippen molar-refractivity contribution in [2.24, 2.45) is 5.92 Å². The van der Waals surface area contributed by atoms with Crippen molar-refractivity contribution >= 4 is 29.1 Å². The van der Waals surface area contributed by atoms with Gasteiger partial charge in [0.2, 0.25) is 0 Å². The van der Waals surface area contributed by atoms with Gasteiger partial charge in [-0.05, 0) is 24.8 Å². The molecule has 0 bridgehead atoms. The van der Waals surface area contributed by atoms with Crippen molar-refractivity contribution in [2.75, 3.05) is 6.54 Å². The van der Waals surface area contributed by atoms with Crippen molar-refractivity contribution in [3.05, 3.63) is 28.0 Å². The summed E-state index contributed by atoms with van der Waals surface area (Å²) in [6.45, 7) is 0.548. The van der Waals surface area contributed by atoms with Crippen LogP contribution in [0.2, 0.25) is 10.2 Å². The molecule has 0 spiro atoms. The molecule has 1 aliphatic rings. The average molecular weight is 275 g/mol. The SMILES string of the molecule is O=C(NCC1CC(O)C1)c1cc(Cl)ncc1Cl. The van der Waals surface area contributed by atoms with Crippen LogP contribution in [0.1, 0.15) is 23.2 Å². The molecule has 2 rings (SSSR count). The number of aromatic nitrogens is 1. The van der Waals surface area contributed by atoms with E-state index in [-0.39, 0.29) is 22.2 Å². The molecule has 17 heavy (non-hydrogen) atoms. The zero-order chi connectivity index (χ0) is 12.4. The molecule has 0 saturated heterocycles. The van der Waals surface area contributed by atoms with Crippen molar-refractivity contribution in [3.63, 3.8) is 0 Å². The number of nitrogens with zero attached hydrogens (tertiary/aromatic N) is 1. The maximum atomic E-state index is 11.8. The van der Waals surface area contributed by atoms with Gasteiger partial charge in [0.15, 0.2) is 0 Å². The molecule has 0 aromatic carbocycles. The first-order valence-corrected chi connectivity index (χ1v) is 6.09. The van der Waals surface area contributed by atoms with E-state index in [4.69, 9.17) is 28.3 Å². The van der Waals surface area contributed by atoms with E-state index in [1.54, 1.807) is 0 Å². The Morgan fingerprint density at radius 2 is 2.24 bits per heavy atom. The Kier molecular flexibility index (Phi) is 3.86. The number of pyridine rings is 1. The van der Waals surface area contributed by atoms with Crippen molar-refractivity contribution in [1.82, 2.24) is 10.3 Å². The normalized spacial score (nSPS) is 23.0. The van der Waals surface area contributed by atoms with Gasteiger partial charge in [0.1, 0.15) is 5.15 Å². The standard InChI is InChI=1S/C11H12Cl2N2O2/c12-9-5-14-10(13)3-8(9)11(17)15-4-6-1-7(16)2-6/h3,5-7,16H,1-2,4H2,(H,15,17). The highest BCUT2D eigenvalue weighted by molar-refractivity contribution is 6.35. The Bertz CT molecular complexity index is 433. The highest BCUT2D eigenvalue weighted by Gasteiger charge is 2.27. The third kappa shape index (κ3) is 3.09. The number of carbonyl (C=O) groups is 1. The van der Waals surface area contributed by atoms with E-state index < -0.39 is 0 Å². The number of aliphatic hydroxyl groups is 1. The van der Waals surface area contributed by atoms with E-state index in [9.17, 15) is 4.79 Å². The molecule has 1 heterocycles. The van der Waals surface area contributed by atoms with Crippen molar-refractivity contribution in [1.29, 1.82) is 0 Å². The first-order chi connectivity index (χ1) is 8.06. The summed E-state index contributed by atoms with van der Waals surface area (Å²) >= 11 is 11.6. The lowest BCUT2D eigenvalue weighted by atomic mass is 9.82. The van der Waals surface area contributed by atoms with Crippen molar-refractivity contribution in [3.8, 4) is 0 Å². The molecular formula is C11H12Cl2N2O2. The number of amides is 1. The second-order valence-electron chi connectivity index (χ2n) is 4.19. The molecule has 1 saturated carbocycles. The van der Waals surface area contributed by atoms with Gasteiger partial charge in [0.05, 0.1) is 16.7 Å². The smallest absolute Gasteiger partial charge is 0.252 e. The highest BCUT2D eigenvalue weighted by Crippen LogP contribution is 2.26. The van der Waals surface area contributed by atoms with Crippen LogP contribution in [-0.2, 0) is 0 Å². The third-order valence-electron chi connectivity index (χ3n) is 2.83. The van der Waals surface area contributed by atoms with Crippen LogP contribution < -0.4 is 5.32 Å². The highest BCUT2D eigenvalue weighted by atomic mass is 35.5. The first kappa shape index (κ1) is 12.6. The maximum Gasteiger partial charge on any atom is 0.252 e. The van der Waals surface area contributed by atoms with E-state index in [1.165, 1.54) is 12.3 Å². The summed E-state index contributed by atoms with van der Waals surface area (Å²) in [5, 5.41) is 12.4. The Morgan fingerprint density at radius 3 is 2.88 bits per heavy atom. The molecule has 0 atom stereocenters. The fourth-order valence-electron chi connectivity index (χ4n) is 1.79. The minimum atomic E-state index is -0.263. The molecule has 2 N–H and O–H groups in total. The number of hydrogen-bond acceptors (Lipinski definition) is 3. The molecule has 1 amide bonds. The number of aliphatic hydroxyl groups excluding tert-OH is 1. The van der Waals surface area contributed by atoms with Crippen LogP contribution >= 0.6 is 23.2 Å². The first-order valence-electron chi connectivity index (χ1n) is 5.33. The van der Waals surface area contributed by atoms with Crippen LogP contribution in [0, 0.1) is 5.92 Å². The van der Waals surface area contributed by atoms with Gasteiger partial charge in [-0.1, -0.05) is 23.2 Å². The monoisotopic (exact) mass is 274 g/mol. The topological polar surface area (TPSA) is 62.2 Å². The largest absolute Gasteiger partial charge is 0.393 e. The van der Waals surface area contributed by atoms with Crippen LogP contribution in [-0.4, -0.2) is 28.6 Å². The molecule has 0 radical (unpaired) electrons. The van der Waals surface area contributed by atoms with Gasteiger partial charge in [0, 0.05) is 12.7 Å². The van der Waals surface area contributed by atoms with E-state index in [1.807, 2.05) is 0 Å². The predicted octanol–water partition coefficient (Wildman–Crippen LogP) is 1.89. The maximum absolute atomic E-state index is 11.8. The van der Waals surface area contributed by atoms with Gasteiger partial charge in [-0.25, -0.2) is 4.98 Å². The Morgan fingerprint density at radius 1 is 1.53 bits per heavy atom. The van der Waals surface area contributed by atoms with E-state index in [0.29, 0.717) is 18.0 Å². The molecule has 0 unspecified atom stereocenters. The Balaban J connectivity index is 1.92. The summed E-state index contributed by atoms with van der Waals surface area (Å²) in [5.41, 5.74) is 0.325. The number of halogens is 2. The molecule has 6 heteroatoms. The molecule has 4 nitrogen and oxygen atoms in total. The molecular weight excluding hydrogens is 263 g/mol. The van der Waals surface area contributed by atoms with Crippen LogP contribution in [0.25, 0.3) is 0 Å². The third-order valence-corrected chi connectivity index (χ3v) is 3.34. The summed E-state index contributed by atoms with van der Waals surface area (Å²) < 4.78 is 0. The molecule has 1 fully saturated rings. The van der Waals surface area contributed by atoms with E-state index in [0.717, 1.165) is 12.8 Å². The molecule has 1 aromatic heterocycles. The Labute approximate surface area is 109 Å². The zero-order valence-corrected chi connectivity index (χ0v) is 10.5. The molecule has 0 aliphatic heterocycles. The fraction of sp³-hybridized carbons (Fsp3) is 0.455. The van der Waals surface area contributed by atoms with Crippen LogP contribution in [0.15, 0.2) is 12.3 Å². The van der Waals surface area contributed by atoms with Crippen LogP contribution in [0.4, 0.5) is 0 Å². The van der Waals surface area contributed by atoms with Gasteiger partial charge in [-0.15, -0.1) is 0 Å². The number of carbonyl (C=O) groups excluding carboxylic acids is 1. The number of nitrogens with one attached hydrogen (secondary N) is 1. The summed E-state index contributed by atoms with van der Waals surface area (Å²) in [4.78, 5) is 15.6. The second-order valence-corrected chi connectivity index (χ2v) is 4.98.